The average molecular weight is 354 g/mol. The van der Waals surface area contributed by atoms with E-state index in [4.69, 9.17) is 10.7 Å². The Balaban J connectivity index is 2.94. The Morgan fingerprint density at radius 1 is 1.29 bits per heavy atom. The van der Waals surface area contributed by atoms with Crippen LogP contribution in [0.3, 0.4) is 0 Å². The molecule has 118 valence electrons. The summed E-state index contributed by atoms with van der Waals surface area (Å²) in [6, 6.07) is 3.31. The van der Waals surface area contributed by atoms with Gasteiger partial charge in [-0.2, -0.15) is 0 Å². The van der Waals surface area contributed by atoms with Gasteiger partial charge >= 0.3 is 0 Å². The molecule has 6 nitrogen and oxygen atoms in total. The first kappa shape index (κ1) is 17.9. The molecule has 1 aromatic rings. The number of aryl methyl sites for hydroxylation is 1. The third-order valence-electron chi connectivity index (χ3n) is 2.65. The van der Waals surface area contributed by atoms with Crippen LogP contribution in [0.4, 0.5) is 0 Å². The van der Waals surface area contributed by atoms with Crippen LogP contribution in [0.5, 0.6) is 0 Å². The summed E-state index contributed by atoms with van der Waals surface area (Å²) < 4.78 is 44.7. The van der Waals surface area contributed by atoms with Gasteiger partial charge in [-0.05, 0) is 37.6 Å². The van der Waals surface area contributed by atoms with Gasteiger partial charge < -0.3 is 5.32 Å². The number of sulfone groups is 1. The maximum atomic E-state index is 12.0. The fraction of sp³-hybridized carbons (Fsp3) is 0.417. The predicted octanol–water partition coefficient (Wildman–Crippen LogP) is 1.09. The van der Waals surface area contributed by atoms with Crippen LogP contribution in [0, 0.1) is 6.92 Å². The second-order valence-corrected chi connectivity index (χ2v) is 9.63. The zero-order chi connectivity index (χ0) is 16.4. The van der Waals surface area contributed by atoms with Gasteiger partial charge in [0.05, 0.1) is 10.6 Å². The zero-order valence-electron chi connectivity index (χ0n) is 11.8. The van der Waals surface area contributed by atoms with Crippen LogP contribution >= 0.6 is 10.7 Å². The van der Waals surface area contributed by atoms with E-state index in [0.717, 1.165) is 6.26 Å². The van der Waals surface area contributed by atoms with E-state index in [2.05, 4.69) is 5.32 Å². The van der Waals surface area contributed by atoms with Crippen molar-refractivity contribution in [1.29, 1.82) is 0 Å². The summed E-state index contributed by atoms with van der Waals surface area (Å²) in [5, 5.41) is 2.55. The highest BCUT2D eigenvalue weighted by molar-refractivity contribution is 8.13. The molecule has 1 rings (SSSR count). The highest BCUT2D eigenvalue weighted by Gasteiger charge is 2.18. The molecule has 1 atom stereocenters. The van der Waals surface area contributed by atoms with Crippen LogP contribution in [0.2, 0.25) is 0 Å². The van der Waals surface area contributed by atoms with Crippen molar-refractivity contribution in [2.24, 2.45) is 0 Å². The number of benzene rings is 1. The molecule has 1 amide bonds. The predicted molar refractivity (Wildman–Crippen MR) is 80.9 cm³/mol. The Morgan fingerprint density at radius 2 is 1.86 bits per heavy atom. The number of nitrogens with one attached hydrogen (secondary N) is 1. The van der Waals surface area contributed by atoms with E-state index in [1.165, 1.54) is 18.2 Å². The largest absolute Gasteiger partial charge is 0.349 e. The summed E-state index contributed by atoms with van der Waals surface area (Å²) >= 11 is 0. The van der Waals surface area contributed by atoms with E-state index < -0.39 is 30.8 Å². The lowest BCUT2D eigenvalue weighted by atomic mass is 10.1. The monoisotopic (exact) mass is 353 g/mol. The Labute approximate surface area is 128 Å². The minimum atomic E-state index is -3.85. The molecule has 1 aromatic carbocycles. The van der Waals surface area contributed by atoms with Gasteiger partial charge in [-0.25, -0.2) is 16.8 Å². The van der Waals surface area contributed by atoms with Crippen molar-refractivity contribution < 1.29 is 21.6 Å². The topological polar surface area (TPSA) is 97.4 Å². The van der Waals surface area contributed by atoms with Crippen molar-refractivity contribution in [3.63, 3.8) is 0 Å². The summed E-state index contributed by atoms with van der Waals surface area (Å²) in [6.07, 6.45) is 1.08. The van der Waals surface area contributed by atoms with Gasteiger partial charge in [0.1, 0.15) is 9.84 Å². The van der Waals surface area contributed by atoms with Gasteiger partial charge in [-0.15, -0.1) is 0 Å². The van der Waals surface area contributed by atoms with Crippen molar-refractivity contribution in [2.45, 2.75) is 24.8 Å². The molecule has 0 aliphatic heterocycles. The zero-order valence-corrected chi connectivity index (χ0v) is 14.1. The molecule has 0 bridgehead atoms. The Bertz CT molecular complexity index is 756. The number of hydrogen-bond donors (Lipinski definition) is 1. The third kappa shape index (κ3) is 5.64. The molecule has 0 spiro atoms. The molecule has 0 saturated carbocycles. The van der Waals surface area contributed by atoms with Crippen LogP contribution in [-0.2, 0) is 18.9 Å². The maximum Gasteiger partial charge on any atom is 0.261 e. The summed E-state index contributed by atoms with van der Waals surface area (Å²) in [6.45, 7) is 3.15. The molecule has 0 heterocycles. The second-order valence-electron chi connectivity index (χ2n) is 4.88. The average Bonchev–Trinajstić information content (AvgIpc) is 2.24. The molecule has 0 aliphatic carbocycles. The van der Waals surface area contributed by atoms with Crippen LogP contribution < -0.4 is 5.32 Å². The van der Waals surface area contributed by atoms with Crippen LogP contribution in [-0.4, -0.2) is 40.8 Å². The first-order valence-electron chi connectivity index (χ1n) is 5.94. The standard InChI is InChI=1S/C12H16ClNO5S2/c1-8-6-10(21(13,18)19)4-5-11(8)12(15)14-9(2)7-20(3,16)17/h4-6,9H,7H2,1-3H3,(H,14,15). The molecule has 0 saturated heterocycles. The second kappa shape index (κ2) is 6.33. The van der Waals surface area contributed by atoms with Gasteiger partial charge in [0.15, 0.2) is 0 Å². The van der Waals surface area contributed by atoms with Crippen molar-refractivity contribution in [2.75, 3.05) is 12.0 Å². The minimum absolute atomic E-state index is 0.0950. The smallest absolute Gasteiger partial charge is 0.261 e. The van der Waals surface area contributed by atoms with Crippen LogP contribution in [0.1, 0.15) is 22.8 Å². The van der Waals surface area contributed by atoms with Crippen LogP contribution in [0.15, 0.2) is 23.1 Å². The molecule has 21 heavy (non-hydrogen) atoms. The Hall–Kier alpha value is -1.12. The van der Waals surface area contributed by atoms with Gasteiger partial charge in [-0.1, -0.05) is 0 Å². The normalized spacial score (nSPS) is 13.7. The lowest BCUT2D eigenvalue weighted by Gasteiger charge is -2.14. The summed E-state index contributed by atoms with van der Waals surface area (Å²) in [5.41, 5.74) is 0.695. The quantitative estimate of drug-likeness (QED) is 0.799. The lowest BCUT2D eigenvalue weighted by molar-refractivity contribution is 0.0943. The van der Waals surface area contributed by atoms with E-state index in [-0.39, 0.29) is 16.2 Å². The van der Waals surface area contributed by atoms with Crippen molar-refractivity contribution >= 4 is 35.5 Å². The minimum Gasteiger partial charge on any atom is -0.349 e. The molecule has 1 unspecified atom stereocenters. The highest BCUT2D eigenvalue weighted by Crippen LogP contribution is 2.19. The fourth-order valence-corrected chi connectivity index (χ4v) is 3.67. The van der Waals surface area contributed by atoms with E-state index >= 15 is 0 Å². The molecule has 9 heteroatoms. The molecule has 0 aliphatic rings. The van der Waals surface area contributed by atoms with Crippen molar-refractivity contribution in [3.8, 4) is 0 Å². The van der Waals surface area contributed by atoms with Gasteiger partial charge in [0.2, 0.25) is 0 Å². The molecule has 0 aromatic heterocycles. The van der Waals surface area contributed by atoms with Crippen LogP contribution in [0.25, 0.3) is 0 Å². The van der Waals surface area contributed by atoms with Gasteiger partial charge in [0.25, 0.3) is 15.0 Å². The van der Waals surface area contributed by atoms with Crippen molar-refractivity contribution in [3.05, 3.63) is 29.3 Å². The molecular formula is C12H16ClNO5S2. The number of carbonyl (C=O) groups is 1. The van der Waals surface area contributed by atoms with Crippen molar-refractivity contribution in [1.82, 2.24) is 5.32 Å². The Kier molecular flexibility index (Phi) is 5.40. The van der Waals surface area contributed by atoms with E-state index in [0.29, 0.717) is 5.56 Å². The number of rotatable bonds is 5. The SMILES string of the molecule is Cc1cc(S(=O)(=O)Cl)ccc1C(=O)NC(C)CS(C)(=O)=O. The van der Waals surface area contributed by atoms with E-state index in [1.54, 1.807) is 13.8 Å². The summed E-state index contributed by atoms with van der Waals surface area (Å²) in [7, 11) is -1.83. The Morgan fingerprint density at radius 3 is 2.29 bits per heavy atom. The fourth-order valence-electron chi connectivity index (χ4n) is 1.84. The number of hydrogen-bond acceptors (Lipinski definition) is 5. The first-order valence-corrected chi connectivity index (χ1v) is 10.3. The first-order chi connectivity index (χ1) is 9.40. The summed E-state index contributed by atoms with van der Waals surface area (Å²) in [4.78, 5) is 11.9. The molecule has 0 radical (unpaired) electrons. The molecular weight excluding hydrogens is 338 g/mol. The highest BCUT2D eigenvalue weighted by atomic mass is 35.7. The number of amides is 1. The maximum absolute atomic E-state index is 12.0. The number of carbonyl (C=O) groups excluding carboxylic acids is 1. The molecule has 1 N–H and O–H groups in total. The third-order valence-corrected chi connectivity index (χ3v) is 5.11. The van der Waals surface area contributed by atoms with Gasteiger partial charge in [-0.3, -0.25) is 4.79 Å². The van der Waals surface area contributed by atoms with E-state index in [1.807, 2.05) is 0 Å². The molecule has 0 fully saturated rings. The summed E-state index contributed by atoms with van der Waals surface area (Å²) in [5.74, 6) is -0.645. The number of halogens is 1. The lowest BCUT2D eigenvalue weighted by Crippen LogP contribution is -2.37. The van der Waals surface area contributed by atoms with Gasteiger partial charge in [0, 0.05) is 28.5 Å². The van der Waals surface area contributed by atoms with E-state index in [9.17, 15) is 21.6 Å².